The first-order valence-electron chi connectivity index (χ1n) is 3.73. The summed E-state index contributed by atoms with van der Waals surface area (Å²) in [4.78, 5) is 0. The molecule has 0 atom stereocenters. The summed E-state index contributed by atoms with van der Waals surface area (Å²) in [6.45, 7) is 1.32. The van der Waals surface area contributed by atoms with Crippen LogP contribution in [0.5, 0.6) is 0 Å². The molecule has 0 aromatic heterocycles. The van der Waals surface area contributed by atoms with Gasteiger partial charge in [-0.25, -0.2) is 0 Å². The molecule has 0 aromatic carbocycles. The van der Waals surface area contributed by atoms with Crippen molar-refractivity contribution in [2.45, 2.75) is 19.1 Å². The van der Waals surface area contributed by atoms with Crippen LogP contribution in [0, 0.1) is 11.8 Å². The molecule has 1 saturated heterocycles. The lowest BCUT2D eigenvalue weighted by Crippen LogP contribution is -2.05. The minimum atomic E-state index is -0.0667. The molecule has 1 fully saturated rings. The van der Waals surface area contributed by atoms with Crippen molar-refractivity contribution >= 4 is 0 Å². The van der Waals surface area contributed by atoms with Crippen molar-refractivity contribution < 1.29 is 14.6 Å². The molecule has 1 heterocycles. The van der Waals surface area contributed by atoms with Gasteiger partial charge in [-0.05, 0) is 0 Å². The first kappa shape index (κ1) is 8.54. The molecule has 0 bridgehead atoms. The van der Waals surface area contributed by atoms with Crippen LogP contribution in [-0.4, -0.2) is 31.2 Å². The van der Waals surface area contributed by atoms with Crippen LogP contribution in [0.2, 0.25) is 0 Å². The van der Waals surface area contributed by atoms with Gasteiger partial charge in [-0.1, -0.05) is 5.92 Å². The molecule has 3 heteroatoms. The summed E-state index contributed by atoms with van der Waals surface area (Å²) in [5, 5.41) is 8.32. The average Bonchev–Trinajstić information content (AvgIpc) is 2.50. The van der Waals surface area contributed by atoms with Crippen LogP contribution in [0.25, 0.3) is 0 Å². The molecule has 1 aliphatic rings. The van der Waals surface area contributed by atoms with E-state index >= 15 is 0 Å². The van der Waals surface area contributed by atoms with Crippen molar-refractivity contribution in [3.05, 3.63) is 0 Å². The van der Waals surface area contributed by atoms with Crippen molar-refractivity contribution in [3.63, 3.8) is 0 Å². The van der Waals surface area contributed by atoms with Crippen LogP contribution < -0.4 is 0 Å². The summed E-state index contributed by atoms with van der Waals surface area (Å²) in [5.41, 5.74) is 0. The predicted molar refractivity (Wildman–Crippen MR) is 39.8 cm³/mol. The van der Waals surface area contributed by atoms with Crippen molar-refractivity contribution in [3.8, 4) is 11.8 Å². The molecule has 1 N–H and O–H groups in total. The molecule has 0 unspecified atom stereocenters. The summed E-state index contributed by atoms with van der Waals surface area (Å²) in [6.07, 6.45) is 1.46. The fourth-order valence-electron chi connectivity index (χ4n) is 0.908. The lowest BCUT2D eigenvalue weighted by Gasteiger charge is -2.04. The van der Waals surface area contributed by atoms with E-state index < -0.39 is 0 Å². The molecule has 0 aliphatic carbocycles. The standard InChI is InChI=1S/C8H12O3/c9-5-3-1-2-4-8-10-6-7-11-8/h8-9H,2,4-7H2. The second-order valence-electron chi connectivity index (χ2n) is 2.22. The van der Waals surface area contributed by atoms with Gasteiger partial charge in [-0.2, -0.15) is 0 Å². The van der Waals surface area contributed by atoms with E-state index in [1.165, 1.54) is 0 Å². The van der Waals surface area contributed by atoms with E-state index in [4.69, 9.17) is 14.6 Å². The summed E-state index contributed by atoms with van der Waals surface area (Å²) in [6, 6.07) is 0. The Morgan fingerprint density at radius 1 is 1.27 bits per heavy atom. The number of aliphatic hydroxyl groups is 1. The molecular formula is C8H12O3. The van der Waals surface area contributed by atoms with Gasteiger partial charge in [0.25, 0.3) is 0 Å². The maximum Gasteiger partial charge on any atom is 0.158 e. The van der Waals surface area contributed by atoms with Crippen LogP contribution >= 0.6 is 0 Å². The average molecular weight is 156 g/mol. The minimum absolute atomic E-state index is 0.0631. The molecule has 3 nitrogen and oxygen atoms in total. The second kappa shape index (κ2) is 5.14. The van der Waals surface area contributed by atoms with Crippen LogP contribution in [-0.2, 0) is 9.47 Å². The van der Waals surface area contributed by atoms with Gasteiger partial charge in [-0.15, -0.1) is 5.92 Å². The number of ether oxygens (including phenoxy) is 2. The van der Waals surface area contributed by atoms with E-state index in [0.29, 0.717) is 13.2 Å². The van der Waals surface area contributed by atoms with Crippen molar-refractivity contribution in [2.24, 2.45) is 0 Å². The van der Waals surface area contributed by atoms with E-state index in [9.17, 15) is 0 Å². The molecule has 0 spiro atoms. The van der Waals surface area contributed by atoms with Crippen LogP contribution in [0.15, 0.2) is 0 Å². The fraction of sp³-hybridized carbons (Fsp3) is 0.750. The third kappa shape index (κ3) is 3.38. The highest BCUT2D eigenvalue weighted by molar-refractivity contribution is 4.98. The van der Waals surface area contributed by atoms with Gasteiger partial charge in [-0.3, -0.25) is 0 Å². The molecular weight excluding hydrogens is 144 g/mol. The zero-order valence-electron chi connectivity index (χ0n) is 6.38. The van der Waals surface area contributed by atoms with Gasteiger partial charge >= 0.3 is 0 Å². The zero-order chi connectivity index (χ0) is 7.94. The topological polar surface area (TPSA) is 38.7 Å². The van der Waals surface area contributed by atoms with Crippen molar-refractivity contribution in [1.29, 1.82) is 0 Å². The lowest BCUT2D eigenvalue weighted by atomic mass is 10.3. The zero-order valence-corrected chi connectivity index (χ0v) is 6.38. The van der Waals surface area contributed by atoms with E-state index in [2.05, 4.69) is 11.8 Å². The summed E-state index contributed by atoms with van der Waals surface area (Å²) in [7, 11) is 0. The summed E-state index contributed by atoms with van der Waals surface area (Å²) < 4.78 is 10.4. The molecule has 1 rings (SSSR count). The van der Waals surface area contributed by atoms with Gasteiger partial charge in [0.2, 0.25) is 0 Å². The normalized spacial score (nSPS) is 17.9. The molecule has 62 valence electrons. The van der Waals surface area contributed by atoms with Crippen LogP contribution in [0.3, 0.4) is 0 Å². The van der Waals surface area contributed by atoms with Crippen LogP contribution in [0.4, 0.5) is 0 Å². The molecule has 0 aromatic rings. The number of hydrogen-bond acceptors (Lipinski definition) is 3. The Bertz CT molecular complexity index is 150. The number of aliphatic hydroxyl groups excluding tert-OH is 1. The van der Waals surface area contributed by atoms with Crippen molar-refractivity contribution in [1.82, 2.24) is 0 Å². The van der Waals surface area contributed by atoms with Gasteiger partial charge in [0.05, 0.1) is 13.2 Å². The SMILES string of the molecule is OCC#CCCC1OCCO1. The van der Waals surface area contributed by atoms with E-state index in [0.717, 1.165) is 12.8 Å². The number of hydrogen-bond donors (Lipinski definition) is 1. The largest absolute Gasteiger partial charge is 0.384 e. The van der Waals surface area contributed by atoms with Gasteiger partial charge in [0.15, 0.2) is 6.29 Å². The Balaban J connectivity index is 2.02. The smallest absolute Gasteiger partial charge is 0.158 e. The number of rotatable bonds is 2. The maximum absolute atomic E-state index is 8.32. The Kier molecular flexibility index (Phi) is 3.99. The Morgan fingerprint density at radius 3 is 2.64 bits per heavy atom. The maximum atomic E-state index is 8.32. The predicted octanol–water partition coefficient (Wildman–Crippen LogP) is 0.135. The quantitative estimate of drug-likeness (QED) is 0.578. The highest BCUT2D eigenvalue weighted by Gasteiger charge is 2.13. The van der Waals surface area contributed by atoms with Gasteiger partial charge < -0.3 is 14.6 Å². The van der Waals surface area contributed by atoms with E-state index in [1.54, 1.807) is 0 Å². The highest BCUT2D eigenvalue weighted by Crippen LogP contribution is 2.08. The lowest BCUT2D eigenvalue weighted by molar-refractivity contribution is -0.0454. The highest BCUT2D eigenvalue weighted by atomic mass is 16.7. The van der Waals surface area contributed by atoms with E-state index in [1.807, 2.05) is 0 Å². The molecule has 1 aliphatic heterocycles. The first-order valence-corrected chi connectivity index (χ1v) is 3.73. The van der Waals surface area contributed by atoms with Crippen molar-refractivity contribution in [2.75, 3.05) is 19.8 Å². The monoisotopic (exact) mass is 156 g/mol. The van der Waals surface area contributed by atoms with Gasteiger partial charge in [0, 0.05) is 12.8 Å². The third-order valence-corrected chi connectivity index (χ3v) is 1.40. The van der Waals surface area contributed by atoms with Gasteiger partial charge in [0.1, 0.15) is 6.61 Å². The van der Waals surface area contributed by atoms with Crippen LogP contribution in [0.1, 0.15) is 12.8 Å². The molecule has 0 amide bonds. The van der Waals surface area contributed by atoms with E-state index in [-0.39, 0.29) is 12.9 Å². The Morgan fingerprint density at radius 2 is 2.00 bits per heavy atom. The summed E-state index contributed by atoms with van der Waals surface area (Å²) in [5.74, 6) is 5.37. The second-order valence-corrected chi connectivity index (χ2v) is 2.22. The fourth-order valence-corrected chi connectivity index (χ4v) is 0.908. The first-order chi connectivity index (χ1) is 5.43. The Hall–Kier alpha value is -0.560. The minimum Gasteiger partial charge on any atom is -0.384 e. The Labute approximate surface area is 66.3 Å². The molecule has 0 saturated carbocycles. The summed E-state index contributed by atoms with van der Waals surface area (Å²) >= 11 is 0. The molecule has 0 radical (unpaired) electrons. The third-order valence-electron chi connectivity index (χ3n) is 1.40. The molecule has 11 heavy (non-hydrogen) atoms.